The Kier molecular flexibility index (Phi) is 8.76. The Labute approximate surface area is 247 Å². The molecule has 2 aliphatic rings. The van der Waals surface area contributed by atoms with E-state index in [1.807, 2.05) is 6.07 Å². The number of benzene rings is 1. The highest BCUT2D eigenvalue weighted by Crippen LogP contribution is 2.39. The minimum atomic E-state index is -1.90. The van der Waals surface area contributed by atoms with E-state index in [0.29, 0.717) is 48.6 Å². The zero-order valence-corrected chi connectivity index (χ0v) is 24.1. The Morgan fingerprint density at radius 2 is 1.95 bits per heavy atom. The van der Waals surface area contributed by atoms with Crippen molar-refractivity contribution in [2.75, 3.05) is 13.6 Å². The predicted octanol–water partition coefficient (Wildman–Crippen LogP) is 2.34. The van der Waals surface area contributed by atoms with Crippen molar-refractivity contribution >= 4 is 28.9 Å². The van der Waals surface area contributed by atoms with E-state index in [1.165, 1.54) is 0 Å². The number of unbranched alkanes of at least 4 members (excludes halogenated alkanes) is 3. The third-order valence-corrected chi connectivity index (χ3v) is 8.04. The highest BCUT2D eigenvalue weighted by Gasteiger charge is 2.45. The molecule has 1 atom stereocenters. The minimum absolute atomic E-state index is 0.0645. The first-order valence-corrected chi connectivity index (χ1v) is 14.4. The number of fused-ring (bicyclic) bond motifs is 5. The van der Waals surface area contributed by atoms with E-state index < -0.39 is 23.6 Å². The van der Waals surface area contributed by atoms with E-state index in [2.05, 4.69) is 10.6 Å². The van der Waals surface area contributed by atoms with Crippen molar-refractivity contribution in [2.45, 2.75) is 70.7 Å². The number of aliphatic hydroxyl groups is 1. The second-order valence-electron chi connectivity index (χ2n) is 10.8. The molecule has 3 aromatic rings. The molecule has 13 nitrogen and oxygen atoms in total. The molecule has 5 N–H and O–H groups in total. The number of hydrogen-bond donors (Lipinski definition) is 5. The average molecular weight is 594 g/mol. The quantitative estimate of drug-likeness (QED) is 0.0749. The lowest BCUT2D eigenvalue weighted by molar-refractivity contribution is -0.172. The van der Waals surface area contributed by atoms with Gasteiger partial charge in [0, 0.05) is 41.6 Å². The Hall–Kier alpha value is -4.33. The van der Waals surface area contributed by atoms with Crippen LogP contribution in [0.25, 0.3) is 22.3 Å². The van der Waals surface area contributed by atoms with Crippen molar-refractivity contribution < 1.29 is 34.2 Å². The fraction of sp³-hybridized carbons (Fsp3) is 0.433. The van der Waals surface area contributed by atoms with Crippen LogP contribution in [0.1, 0.15) is 67.7 Å². The van der Waals surface area contributed by atoms with Crippen LogP contribution in [0.4, 0.5) is 4.79 Å². The summed E-state index contributed by atoms with van der Waals surface area (Å²) >= 11 is 0. The van der Waals surface area contributed by atoms with Crippen LogP contribution in [0.5, 0.6) is 5.75 Å². The summed E-state index contributed by atoms with van der Waals surface area (Å²) in [6, 6.07) is 7.04. The van der Waals surface area contributed by atoms with E-state index in [1.54, 1.807) is 42.2 Å². The Morgan fingerprint density at radius 3 is 2.70 bits per heavy atom. The zero-order chi connectivity index (χ0) is 30.7. The molecule has 2 aliphatic heterocycles. The zero-order valence-electron chi connectivity index (χ0n) is 24.1. The molecule has 2 amide bonds. The summed E-state index contributed by atoms with van der Waals surface area (Å²) in [6.07, 6.45) is 2.70. The summed E-state index contributed by atoms with van der Waals surface area (Å²) in [7, 11) is 1.78. The van der Waals surface area contributed by atoms with Crippen molar-refractivity contribution in [3.05, 3.63) is 56.9 Å². The van der Waals surface area contributed by atoms with Crippen LogP contribution in [0.2, 0.25) is 0 Å². The van der Waals surface area contributed by atoms with Gasteiger partial charge in [-0.1, -0.05) is 19.8 Å². The summed E-state index contributed by atoms with van der Waals surface area (Å²) < 4.78 is 12.4. The number of hydroxylamine groups is 1. The molecular formula is C30H35N5O8. The predicted molar refractivity (Wildman–Crippen MR) is 154 cm³/mol. The summed E-state index contributed by atoms with van der Waals surface area (Å²) in [6.45, 7) is 2.53. The maximum Gasteiger partial charge on any atom is 0.412 e. The van der Waals surface area contributed by atoms with Crippen LogP contribution in [-0.4, -0.2) is 51.4 Å². The molecule has 2 aromatic heterocycles. The second-order valence-corrected chi connectivity index (χ2v) is 10.8. The number of esters is 1. The van der Waals surface area contributed by atoms with E-state index in [4.69, 9.17) is 19.7 Å². The smallest absolute Gasteiger partial charge is 0.412 e. The lowest BCUT2D eigenvalue weighted by atomic mass is 9.86. The molecule has 0 saturated heterocycles. The van der Waals surface area contributed by atoms with Gasteiger partial charge in [-0.05, 0) is 50.6 Å². The SMILES string of the molecule is CC[C@@]1(O)C(=O)OCc2c1cc1n(c2=O)Cc2cc3c(CNC)c(OC(=O)NCCCCCCC(=O)NO)ccc3nc2-1. The summed E-state index contributed by atoms with van der Waals surface area (Å²) in [5, 5.41) is 26.2. The van der Waals surface area contributed by atoms with Gasteiger partial charge < -0.3 is 29.8 Å². The number of carbonyl (C=O) groups is 3. The molecule has 228 valence electrons. The van der Waals surface area contributed by atoms with Gasteiger partial charge in [-0.3, -0.25) is 14.8 Å². The molecule has 4 heterocycles. The van der Waals surface area contributed by atoms with Crippen LogP contribution in [0.15, 0.2) is 29.1 Å². The number of ether oxygens (including phenoxy) is 2. The van der Waals surface area contributed by atoms with Crippen LogP contribution in [-0.2, 0) is 39.6 Å². The highest BCUT2D eigenvalue weighted by atomic mass is 16.6. The number of hydrogen-bond acceptors (Lipinski definition) is 10. The molecule has 13 heteroatoms. The molecular weight excluding hydrogens is 558 g/mol. The largest absolute Gasteiger partial charge is 0.458 e. The second kappa shape index (κ2) is 12.5. The molecule has 0 unspecified atom stereocenters. The van der Waals surface area contributed by atoms with Crippen molar-refractivity contribution in [1.29, 1.82) is 0 Å². The molecule has 0 bridgehead atoms. The molecule has 5 rings (SSSR count). The summed E-state index contributed by atoms with van der Waals surface area (Å²) in [4.78, 5) is 54.4. The Morgan fingerprint density at radius 1 is 1.16 bits per heavy atom. The molecule has 0 radical (unpaired) electrons. The number of cyclic esters (lactones) is 1. The number of nitrogens with zero attached hydrogens (tertiary/aromatic N) is 2. The van der Waals surface area contributed by atoms with Gasteiger partial charge in [0.15, 0.2) is 5.60 Å². The van der Waals surface area contributed by atoms with Gasteiger partial charge in [-0.25, -0.2) is 20.1 Å². The fourth-order valence-corrected chi connectivity index (χ4v) is 5.69. The van der Waals surface area contributed by atoms with Crippen LogP contribution in [0.3, 0.4) is 0 Å². The summed E-state index contributed by atoms with van der Waals surface area (Å²) in [5.74, 6) is -0.804. The molecule has 0 saturated carbocycles. The molecule has 43 heavy (non-hydrogen) atoms. The van der Waals surface area contributed by atoms with Gasteiger partial charge in [-0.2, -0.15) is 0 Å². The van der Waals surface area contributed by atoms with Gasteiger partial charge in [0.05, 0.1) is 29.0 Å². The number of nitrogens with one attached hydrogen (secondary N) is 3. The lowest BCUT2D eigenvalue weighted by Gasteiger charge is -2.31. The topological polar surface area (TPSA) is 181 Å². The average Bonchev–Trinajstić information content (AvgIpc) is 3.36. The summed E-state index contributed by atoms with van der Waals surface area (Å²) in [5.41, 5.74) is 3.16. The van der Waals surface area contributed by atoms with Crippen molar-refractivity contribution in [3.63, 3.8) is 0 Å². The normalized spacial score (nSPS) is 16.7. The van der Waals surface area contributed by atoms with Crippen LogP contribution in [0, 0.1) is 0 Å². The Balaban J connectivity index is 1.36. The number of pyridine rings is 2. The molecule has 0 aliphatic carbocycles. The van der Waals surface area contributed by atoms with Gasteiger partial charge in [0.2, 0.25) is 5.91 Å². The number of amides is 2. The molecule has 1 aromatic carbocycles. The number of carbonyl (C=O) groups excluding carboxylic acids is 3. The molecule has 0 spiro atoms. The van der Waals surface area contributed by atoms with Gasteiger partial charge in [-0.15, -0.1) is 0 Å². The third kappa shape index (κ3) is 5.70. The number of rotatable bonds is 11. The van der Waals surface area contributed by atoms with Crippen molar-refractivity contribution in [3.8, 4) is 17.1 Å². The maximum atomic E-state index is 13.5. The van der Waals surface area contributed by atoms with Crippen LogP contribution < -0.4 is 26.4 Å². The minimum Gasteiger partial charge on any atom is -0.458 e. The monoisotopic (exact) mass is 593 g/mol. The Bertz CT molecular complexity index is 1650. The van der Waals surface area contributed by atoms with Crippen LogP contribution >= 0.6 is 0 Å². The van der Waals surface area contributed by atoms with Gasteiger partial charge in [0.1, 0.15) is 12.4 Å². The first-order chi connectivity index (χ1) is 20.7. The first kappa shape index (κ1) is 30.1. The number of aromatic nitrogens is 2. The maximum absolute atomic E-state index is 13.5. The molecule has 0 fully saturated rings. The standard InChI is InChI=1S/C30H35N5O8/c1-3-30(40)21-13-23-26-17(15-35(23)27(37)20(21)16-42-28(30)38)12-18-19(14-31-2)24(10-9-22(18)33-26)43-29(39)32-11-7-5-4-6-8-25(36)34-41/h9-10,12-13,31,40-41H,3-8,11,14-16H2,1-2H3,(H,32,39)(H,34,36)/t30-/m0/s1. The van der Waals surface area contributed by atoms with E-state index in [-0.39, 0.29) is 42.7 Å². The van der Waals surface area contributed by atoms with E-state index in [9.17, 15) is 24.3 Å². The highest BCUT2D eigenvalue weighted by molar-refractivity contribution is 5.90. The van der Waals surface area contributed by atoms with E-state index >= 15 is 0 Å². The fourth-order valence-electron chi connectivity index (χ4n) is 5.69. The van der Waals surface area contributed by atoms with E-state index in [0.717, 1.165) is 29.4 Å². The third-order valence-electron chi connectivity index (χ3n) is 8.04. The van der Waals surface area contributed by atoms with Crippen molar-refractivity contribution in [1.82, 2.24) is 25.7 Å². The van der Waals surface area contributed by atoms with Gasteiger partial charge >= 0.3 is 12.1 Å². The lowest BCUT2D eigenvalue weighted by Crippen LogP contribution is -2.44. The van der Waals surface area contributed by atoms with Gasteiger partial charge in [0.25, 0.3) is 5.56 Å². The first-order valence-electron chi connectivity index (χ1n) is 14.4. The van der Waals surface area contributed by atoms with Crippen molar-refractivity contribution in [2.24, 2.45) is 0 Å².